The topological polar surface area (TPSA) is 111 Å². The van der Waals surface area contributed by atoms with Gasteiger partial charge >= 0.3 is 0 Å². The zero-order valence-electron chi connectivity index (χ0n) is 18.4. The molecule has 2 aromatic rings. The maximum atomic E-state index is 12.8. The lowest BCUT2D eigenvalue weighted by molar-refractivity contribution is -0.120. The van der Waals surface area contributed by atoms with Crippen LogP contribution in [0.4, 0.5) is 23.1 Å². The summed E-state index contributed by atoms with van der Waals surface area (Å²) >= 11 is 0. The maximum absolute atomic E-state index is 12.8. The molecule has 172 valence electrons. The molecular weight excluding hydrogens is 432 g/mol. The Balaban J connectivity index is 1.48. The van der Waals surface area contributed by atoms with E-state index in [0.717, 1.165) is 10.9 Å². The van der Waals surface area contributed by atoms with Crippen LogP contribution < -0.4 is 15.1 Å². The Bertz CT molecular complexity index is 1000. The van der Waals surface area contributed by atoms with Crippen LogP contribution in [0.15, 0.2) is 35.4 Å². The number of methoxy groups -OCH3 is 1. The summed E-state index contributed by atoms with van der Waals surface area (Å²) in [5, 5.41) is 13.0. The molecule has 2 aliphatic rings. The Morgan fingerprint density at radius 1 is 1.28 bits per heavy atom. The quantitative estimate of drug-likeness (QED) is 0.548. The van der Waals surface area contributed by atoms with E-state index in [1.807, 2.05) is 11.9 Å². The number of fused-ring (bicyclic) bond motifs is 1. The predicted octanol–water partition coefficient (Wildman–Crippen LogP) is 2.16. The van der Waals surface area contributed by atoms with Gasteiger partial charge in [-0.3, -0.25) is 4.79 Å². The predicted molar refractivity (Wildman–Crippen MR) is 121 cm³/mol. The van der Waals surface area contributed by atoms with Gasteiger partial charge in [0.05, 0.1) is 24.2 Å². The van der Waals surface area contributed by atoms with Gasteiger partial charge in [0.1, 0.15) is 11.7 Å². The van der Waals surface area contributed by atoms with Crippen LogP contribution in [-0.4, -0.2) is 70.2 Å². The largest absolute Gasteiger partial charge is 0.383 e. The fourth-order valence-corrected chi connectivity index (χ4v) is 4.52. The number of likely N-dealkylation sites (N-methyl/N-ethyl adjacent to an activating group) is 2. The zero-order chi connectivity index (χ0) is 22.8. The molecule has 1 aliphatic carbocycles. The van der Waals surface area contributed by atoms with Gasteiger partial charge < -0.3 is 25.1 Å². The maximum Gasteiger partial charge on any atom is 0.249 e. The van der Waals surface area contributed by atoms with Gasteiger partial charge in [0.15, 0.2) is 16.8 Å². The Kier molecular flexibility index (Phi) is 6.70. The number of benzene rings is 1. The highest BCUT2D eigenvalue weighted by molar-refractivity contribution is 7.82. The summed E-state index contributed by atoms with van der Waals surface area (Å²) in [6, 6.07) is 6.61. The third kappa shape index (κ3) is 4.75. The van der Waals surface area contributed by atoms with Crippen molar-refractivity contribution in [2.45, 2.75) is 30.2 Å². The van der Waals surface area contributed by atoms with Crippen molar-refractivity contribution in [3.63, 3.8) is 0 Å². The van der Waals surface area contributed by atoms with E-state index in [-0.39, 0.29) is 25.1 Å². The highest BCUT2D eigenvalue weighted by atomic mass is 32.2. The van der Waals surface area contributed by atoms with Crippen LogP contribution in [0.1, 0.15) is 19.3 Å². The lowest BCUT2D eigenvalue weighted by atomic mass is 10.0. The Labute approximate surface area is 189 Å². The van der Waals surface area contributed by atoms with Crippen LogP contribution >= 0.6 is 0 Å². The molecule has 1 fully saturated rings. The van der Waals surface area contributed by atoms with Crippen LogP contribution in [0.2, 0.25) is 0 Å². The number of rotatable bonds is 9. The summed E-state index contributed by atoms with van der Waals surface area (Å²) in [6.07, 6.45) is 4.87. The smallest absolute Gasteiger partial charge is 0.249 e. The molecule has 1 saturated carbocycles. The average molecular weight is 461 g/mol. The summed E-state index contributed by atoms with van der Waals surface area (Å²) < 4.78 is 18.0. The normalized spacial score (nSPS) is 19.3. The van der Waals surface area contributed by atoms with Crippen molar-refractivity contribution in [3.8, 4) is 0 Å². The van der Waals surface area contributed by atoms with E-state index in [2.05, 4.69) is 15.3 Å². The number of aromatic nitrogens is 2. The Hall–Kier alpha value is -2.60. The minimum Gasteiger partial charge on any atom is -0.383 e. The van der Waals surface area contributed by atoms with Crippen LogP contribution in [0, 0.1) is 5.92 Å². The van der Waals surface area contributed by atoms with Gasteiger partial charge in [0.25, 0.3) is 0 Å². The second-order valence-electron chi connectivity index (χ2n) is 8.07. The molecule has 32 heavy (non-hydrogen) atoms. The van der Waals surface area contributed by atoms with Crippen molar-refractivity contribution in [2.24, 2.45) is 5.92 Å². The van der Waals surface area contributed by atoms with E-state index in [4.69, 9.17) is 4.74 Å². The minimum atomic E-state index is -1.70. The van der Waals surface area contributed by atoms with Crippen molar-refractivity contribution < 1.29 is 18.9 Å². The minimum absolute atomic E-state index is 0.0724. The van der Waals surface area contributed by atoms with Gasteiger partial charge in [0.2, 0.25) is 11.9 Å². The summed E-state index contributed by atoms with van der Waals surface area (Å²) in [5.74, 6) is 1.81. The Morgan fingerprint density at radius 2 is 2.00 bits per heavy atom. The van der Waals surface area contributed by atoms with Gasteiger partial charge in [-0.1, -0.05) is 12.8 Å². The molecule has 0 radical (unpaired) electrons. The van der Waals surface area contributed by atoms with E-state index >= 15 is 0 Å². The molecule has 11 heteroatoms. The first-order chi connectivity index (χ1) is 15.4. The first-order valence-electron chi connectivity index (χ1n) is 10.5. The number of ether oxygens (including phenoxy) is 1. The van der Waals surface area contributed by atoms with Crippen LogP contribution in [0.25, 0.3) is 0 Å². The number of amides is 1. The number of carbonyl (C=O) groups excluding carboxylic acids is 1. The van der Waals surface area contributed by atoms with Crippen LogP contribution in [0.3, 0.4) is 0 Å². The molecule has 10 nitrogen and oxygen atoms in total. The van der Waals surface area contributed by atoms with Crippen LogP contribution in [0.5, 0.6) is 0 Å². The molecule has 1 aromatic heterocycles. The number of nitrogens with one attached hydrogen (secondary N) is 1. The van der Waals surface area contributed by atoms with Crippen molar-refractivity contribution in [1.29, 1.82) is 0 Å². The fourth-order valence-electron chi connectivity index (χ4n) is 3.66. The van der Waals surface area contributed by atoms with Crippen molar-refractivity contribution in [2.75, 3.05) is 49.5 Å². The van der Waals surface area contributed by atoms with Crippen molar-refractivity contribution in [3.05, 3.63) is 30.5 Å². The summed E-state index contributed by atoms with van der Waals surface area (Å²) in [6.45, 7) is 0.409. The van der Waals surface area contributed by atoms with Gasteiger partial charge in [-0.15, -0.1) is 4.47 Å². The molecule has 4 rings (SSSR count). The molecule has 1 aromatic carbocycles. The SMILES string of the molecule is COCCN(O)S(=O)c1ccc(Nc2ncc3c(n2)N(C)C(CC2CC2)C(=O)N3C)cc1. The molecular formula is C21H28N6O4S. The number of hydrogen-bond donors (Lipinski definition) is 2. The molecule has 2 unspecified atom stereocenters. The second-order valence-corrected chi connectivity index (χ2v) is 9.46. The highest BCUT2D eigenvalue weighted by Crippen LogP contribution is 2.40. The molecule has 0 bridgehead atoms. The Morgan fingerprint density at radius 3 is 2.66 bits per heavy atom. The van der Waals surface area contributed by atoms with Gasteiger partial charge in [-0.05, 0) is 36.6 Å². The van der Waals surface area contributed by atoms with E-state index in [1.165, 1.54) is 20.0 Å². The standard InChI is InChI=1S/C21H28N6O4S/c1-25-17(12-14-4-5-14)20(28)26(2)18-13-22-21(24-19(18)25)23-15-6-8-16(9-7-15)32(30)27(29)10-11-31-3/h6-9,13-14,17,29H,4-5,10-12H2,1-3H3,(H,22,23,24). The number of nitrogens with zero attached hydrogens (tertiary/aromatic N) is 5. The lowest BCUT2D eigenvalue weighted by Gasteiger charge is -2.38. The van der Waals surface area contributed by atoms with E-state index in [1.54, 1.807) is 42.4 Å². The zero-order valence-corrected chi connectivity index (χ0v) is 19.2. The summed E-state index contributed by atoms with van der Waals surface area (Å²) in [7, 11) is 3.49. The second kappa shape index (κ2) is 9.49. The van der Waals surface area contributed by atoms with E-state index in [0.29, 0.717) is 34.0 Å². The molecule has 0 saturated heterocycles. The average Bonchev–Trinajstić information content (AvgIpc) is 3.63. The number of hydrogen-bond acceptors (Lipinski definition) is 8. The van der Waals surface area contributed by atoms with E-state index < -0.39 is 11.0 Å². The molecule has 2 atom stereocenters. The number of carbonyl (C=O) groups is 1. The van der Waals surface area contributed by atoms with Crippen LogP contribution in [-0.2, 0) is 20.5 Å². The molecule has 1 amide bonds. The third-order valence-electron chi connectivity index (χ3n) is 5.77. The van der Waals surface area contributed by atoms with Crippen molar-refractivity contribution >= 4 is 40.0 Å². The summed E-state index contributed by atoms with van der Waals surface area (Å²) in [4.78, 5) is 25.9. The monoisotopic (exact) mass is 460 g/mol. The first-order valence-corrected chi connectivity index (χ1v) is 11.6. The molecule has 2 heterocycles. The number of anilines is 4. The number of hydroxylamine groups is 1. The van der Waals surface area contributed by atoms with E-state index in [9.17, 15) is 14.2 Å². The highest BCUT2D eigenvalue weighted by Gasteiger charge is 2.39. The molecule has 1 aliphatic heterocycles. The van der Waals surface area contributed by atoms with Crippen molar-refractivity contribution in [1.82, 2.24) is 14.4 Å². The third-order valence-corrected chi connectivity index (χ3v) is 7.01. The van der Waals surface area contributed by atoms with Gasteiger partial charge in [-0.2, -0.15) is 4.98 Å². The lowest BCUT2D eigenvalue weighted by Crippen LogP contribution is -2.51. The first kappa shape index (κ1) is 22.6. The summed E-state index contributed by atoms with van der Waals surface area (Å²) in [5.41, 5.74) is 1.39. The fraction of sp³-hybridized carbons (Fsp3) is 0.476. The van der Waals surface area contributed by atoms with Gasteiger partial charge in [0, 0.05) is 26.9 Å². The van der Waals surface area contributed by atoms with Gasteiger partial charge in [-0.25, -0.2) is 9.19 Å². The molecule has 0 spiro atoms. The molecule has 2 N–H and O–H groups in total.